The predicted octanol–water partition coefficient (Wildman–Crippen LogP) is 2.08. The van der Waals surface area contributed by atoms with Gasteiger partial charge in [0.1, 0.15) is 0 Å². The molecular formula is C16H22N6O3. The fraction of sp³-hybridized carbons (Fsp3) is 0.438. The number of rotatable bonds is 7. The molecule has 0 atom stereocenters. The van der Waals surface area contributed by atoms with E-state index in [0.29, 0.717) is 18.7 Å². The Labute approximate surface area is 145 Å². The second-order valence-corrected chi connectivity index (χ2v) is 5.98. The highest BCUT2D eigenvalue weighted by Crippen LogP contribution is 2.21. The molecule has 0 saturated carbocycles. The van der Waals surface area contributed by atoms with Crippen molar-refractivity contribution in [2.75, 3.05) is 11.9 Å². The van der Waals surface area contributed by atoms with Gasteiger partial charge < -0.3 is 15.7 Å². The third kappa shape index (κ3) is 5.00. The van der Waals surface area contributed by atoms with Gasteiger partial charge in [0.2, 0.25) is 0 Å². The number of anilines is 1. The van der Waals surface area contributed by atoms with Gasteiger partial charge in [0, 0.05) is 24.6 Å². The van der Waals surface area contributed by atoms with Crippen LogP contribution in [-0.4, -0.2) is 43.9 Å². The van der Waals surface area contributed by atoms with Gasteiger partial charge in [0.25, 0.3) is 0 Å². The minimum atomic E-state index is -0.878. The maximum atomic E-state index is 11.8. The van der Waals surface area contributed by atoms with Gasteiger partial charge in [-0.05, 0) is 47.5 Å². The van der Waals surface area contributed by atoms with Gasteiger partial charge >= 0.3 is 12.0 Å². The number of amides is 2. The first kappa shape index (κ1) is 18.4. The SMILES string of the molecule is Cc1cc(NC(=O)NCCCC(=O)O)ccc1-n1nnnc1C(C)C. The van der Waals surface area contributed by atoms with Crippen molar-refractivity contribution in [3.8, 4) is 5.69 Å². The first-order valence-electron chi connectivity index (χ1n) is 8.04. The molecule has 2 aromatic rings. The number of nitrogens with zero attached hydrogens (tertiary/aromatic N) is 4. The Hall–Kier alpha value is -2.97. The summed E-state index contributed by atoms with van der Waals surface area (Å²) in [5.74, 6) is 0.0700. The van der Waals surface area contributed by atoms with Crippen LogP contribution >= 0.6 is 0 Å². The molecule has 0 bridgehead atoms. The van der Waals surface area contributed by atoms with Gasteiger partial charge in [-0.3, -0.25) is 4.79 Å². The molecule has 1 heterocycles. The number of tetrazole rings is 1. The number of aliphatic carboxylic acids is 1. The second kappa shape index (κ2) is 8.22. The molecule has 0 aliphatic carbocycles. The molecule has 9 nitrogen and oxygen atoms in total. The van der Waals surface area contributed by atoms with E-state index in [2.05, 4.69) is 26.2 Å². The number of benzene rings is 1. The normalized spacial score (nSPS) is 10.7. The Morgan fingerprint density at radius 1 is 1.32 bits per heavy atom. The Balaban J connectivity index is 2.01. The van der Waals surface area contributed by atoms with Crippen molar-refractivity contribution >= 4 is 17.7 Å². The molecule has 2 amide bonds. The number of urea groups is 1. The zero-order chi connectivity index (χ0) is 18.4. The summed E-state index contributed by atoms with van der Waals surface area (Å²) in [7, 11) is 0. The minimum absolute atomic E-state index is 0.0260. The van der Waals surface area contributed by atoms with Crippen molar-refractivity contribution in [3.63, 3.8) is 0 Å². The number of aromatic nitrogens is 4. The fourth-order valence-electron chi connectivity index (χ4n) is 2.31. The molecule has 1 aromatic heterocycles. The topological polar surface area (TPSA) is 122 Å². The van der Waals surface area contributed by atoms with E-state index in [4.69, 9.17) is 5.11 Å². The van der Waals surface area contributed by atoms with Crippen LogP contribution in [0.1, 0.15) is 44.0 Å². The van der Waals surface area contributed by atoms with Crippen LogP contribution < -0.4 is 10.6 Å². The molecule has 0 fully saturated rings. The quantitative estimate of drug-likeness (QED) is 0.660. The lowest BCUT2D eigenvalue weighted by Crippen LogP contribution is -2.29. The number of carboxylic acids is 1. The Morgan fingerprint density at radius 3 is 2.72 bits per heavy atom. The van der Waals surface area contributed by atoms with E-state index in [1.54, 1.807) is 10.7 Å². The van der Waals surface area contributed by atoms with Crippen LogP contribution in [-0.2, 0) is 4.79 Å². The van der Waals surface area contributed by atoms with Crippen molar-refractivity contribution in [2.45, 2.75) is 39.5 Å². The summed E-state index contributed by atoms with van der Waals surface area (Å²) in [6, 6.07) is 5.07. The van der Waals surface area contributed by atoms with E-state index in [1.807, 2.05) is 32.9 Å². The monoisotopic (exact) mass is 346 g/mol. The van der Waals surface area contributed by atoms with Gasteiger partial charge in [-0.2, -0.15) is 4.68 Å². The Bertz CT molecular complexity index is 756. The predicted molar refractivity (Wildman–Crippen MR) is 91.9 cm³/mol. The van der Waals surface area contributed by atoms with Gasteiger partial charge in [-0.1, -0.05) is 13.8 Å². The molecule has 0 radical (unpaired) electrons. The highest BCUT2D eigenvalue weighted by atomic mass is 16.4. The fourth-order valence-corrected chi connectivity index (χ4v) is 2.31. The molecule has 25 heavy (non-hydrogen) atoms. The van der Waals surface area contributed by atoms with Crippen LogP contribution in [0.15, 0.2) is 18.2 Å². The van der Waals surface area contributed by atoms with Crippen LogP contribution in [0.4, 0.5) is 10.5 Å². The molecule has 134 valence electrons. The van der Waals surface area contributed by atoms with E-state index in [9.17, 15) is 9.59 Å². The van der Waals surface area contributed by atoms with Crippen molar-refractivity contribution in [2.24, 2.45) is 0 Å². The summed E-state index contributed by atoms with van der Waals surface area (Å²) >= 11 is 0. The summed E-state index contributed by atoms with van der Waals surface area (Å²) < 4.78 is 1.69. The zero-order valence-corrected chi connectivity index (χ0v) is 14.5. The second-order valence-electron chi connectivity index (χ2n) is 5.98. The third-order valence-corrected chi connectivity index (χ3v) is 3.55. The molecule has 0 spiro atoms. The summed E-state index contributed by atoms with van der Waals surface area (Å²) in [5.41, 5.74) is 2.40. The number of carbonyl (C=O) groups is 2. The van der Waals surface area contributed by atoms with Crippen molar-refractivity contribution in [3.05, 3.63) is 29.6 Å². The van der Waals surface area contributed by atoms with Crippen LogP contribution in [0.25, 0.3) is 5.69 Å². The summed E-state index contributed by atoms with van der Waals surface area (Å²) in [6.45, 7) is 6.25. The van der Waals surface area contributed by atoms with Crippen molar-refractivity contribution in [1.82, 2.24) is 25.5 Å². The van der Waals surface area contributed by atoms with E-state index >= 15 is 0 Å². The number of nitrogens with one attached hydrogen (secondary N) is 2. The smallest absolute Gasteiger partial charge is 0.319 e. The Kier molecular flexibility index (Phi) is 6.04. The first-order valence-corrected chi connectivity index (χ1v) is 8.04. The largest absolute Gasteiger partial charge is 0.481 e. The summed E-state index contributed by atoms with van der Waals surface area (Å²) in [4.78, 5) is 22.2. The lowest BCUT2D eigenvalue weighted by atomic mass is 10.1. The summed E-state index contributed by atoms with van der Waals surface area (Å²) in [6.07, 6.45) is 0.413. The first-order chi connectivity index (χ1) is 11.9. The van der Waals surface area contributed by atoms with E-state index < -0.39 is 5.97 Å². The maximum absolute atomic E-state index is 11.8. The van der Waals surface area contributed by atoms with Gasteiger partial charge in [0.05, 0.1) is 5.69 Å². The maximum Gasteiger partial charge on any atom is 0.319 e. The van der Waals surface area contributed by atoms with E-state index in [1.165, 1.54) is 0 Å². The van der Waals surface area contributed by atoms with Crippen LogP contribution in [0, 0.1) is 6.92 Å². The Morgan fingerprint density at radius 2 is 2.08 bits per heavy atom. The molecule has 0 unspecified atom stereocenters. The number of hydrogen-bond donors (Lipinski definition) is 3. The number of aryl methyl sites for hydroxylation is 1. The van der Waals surface area contributed by atoms with Crippen LogP contribution in [0.3, 0.4) is 0 Å². The standard InChI is InChI=1S/C16H22N6O3/c1-10(2)15-19-20-21-22(15)13-7-6-12(9-11(13)3)18-16(25)17-8-4-5-14(23)24/h6-7,9-10H,4-5,8H2,1-3H3,(H,23,24)(H2,17,18,25). The highest BCUT2D eigenvalue weighted by Gasteiger charge is 2.14. The van der Waals surface area contributed by atoms with Crippen LogP contribution in [0.5, 0.6) is 0 Å². The lowest BCUT2D eigenvalue weighted by Gasteiger charge is -2.12. The molecular weight excluding hydrogens is 324 g/mol. The number of carboxylic acid groups (broad SMARTS) is 1. The average Bonchev–Trinajstić information content (AvgIpc) is 3.01. The van der Waals surface area contributed by atoms with E-state index in [0.717, 1.165) is 17.1 Å². The third-order valence-electron chi connectivity index (χ3n) is 3.55. The molecule has 0 aliphatic heterocycles. The molecule has 2 rings (SSSR count). The van der Waals surface area contributed by atoms with E-state index in [-0.39, 0.29) is 18.4 Å². The van der Waals surface area contributed by atoms with Gasteiger partial charge in [-0.15, -0.1) is 5.10 Å². The molecule has 1 aromatic carbocycles. The average molecular weight is 346 g/mol. The molecule has 9 heteroatoms. The zero-order valence-electron chi connectivity index (χ0n) is 14.5. The number of hydrogen-bond acceptors (Lipinski definition) is 5. The molecule has 0 aliphatic rings. The van der Waals surface area contributed by atoms with Crippen molar-refractivity contribution in [1.29, 1.82) is 0 Å². The number of carbonyl (C=O) groups excluding carboxylic acids is 1. The van der Waals surface area contributed by atoms with Gasteiger partial charge in [0.15, 0.2) is 5.82 Å². The van der Waals surface area contributed by atoms with Crippen molar-refractivity contribution < 1.29 is 14.7 Å². The molecule has 0 saturated heterocycles. The van der Waals surface area contributed by atoms with Crippen LogP contribution in [0.2, 0.25) is 0 Å². The summed E-state index contributed by atoms with van der Waals surface area (Å²) in [5, 5.41) is 25.7. The highest BCUT2D eigenvalue weighted by molar-refractivity contribution is 5.89. The lowest BCUT2D eigenvalue weighted by molar-refractivity contribution is -0.137. The van der Waals surface area contributed by atoms with Gasteiger partial charge in [-0.25, -0.2) is 4.79 Å². The molecule has 3 N–H and O–H groups in total. The minimum Gasteiger partial charge on any atom is -0.481 e.